The molecule has 0 unspecified atom stereocenters. The number of pyridine rings is 1. The molecule has 0 saturated carbocycles. The van der Waals surface area contributed by atoms with Crippen LogP contribution in [0.4, 0.5) is 0 Å². The van der Waals surface area contributed by atoms with Gasteiger partial charge in [-0.15, -0.1) is 0 Å². The van der Waals surface area contributed by atoms with E-state index in [-0.39, 0.29) is 5.84 Å². The van der Waals surface area contributed by atoms with E-state index in [1.807, 2.05) is 37.3 Å². The number of ether oxygens (including phenoxy) is 1. The number of nitrogens with zero attached hydrogens (tertiary/aromatic N) is 1. The molecular formula is C14H15N3O. The maximum absolute atomic E-state index is 7.45. The van der Waals surface area contributed by atoms with Gasteiger partial charge in [-0.1, -0.05) is 18.2 Å². The molecule has 2 aromatic rings. The molecule has 2 rings (SSSR count). The lowest BCUT2D eigenvalue weighted by atomic mass is 10.2. The van der Waals surface area contributed by atoms with Gasteiger partial charge >= 0.3 is 0 Å². The normalized spacial score (nSPS) is 10.1. The van der Waals surface area contributed by atoms with E-state index in [2.05, 4.69) is 4.98 Å². The predicted octanol–water partition coefficient (Wildman–Crippen LogP) is 2.25. The maximum atomic E-state index is 7.45. The van der Waals surface area contributed by atoms with Crippen LogP contribution in [0.2, 0.25) is 0 Å². The van der Waals surface area contributed by atoms with Crippen LogP contribution in [0.25, 0.3) is 0 Å². The minimum Gasteiger partial charge on any atom is -0.489 e. The summed E-state index contributed by atoms with van der Waals surface area (Å²) < 4.78 is 5.67. The van der Waals surface area contributed by atoms with Gasteiger partial charge in [0, 0.05) is 11.8 Å². The summed E-state index contributed by atoms with van der Waals surface area (Å²) in [6.07, 6.45) is 1.62. The summed E-state index contributed by atoms with van der Waals surface area (Å²) in [5.74, 6) is 0.756. The van der Waals surface area contributed by atoms with Gasteiger partial charge in [-0.2, -0.15) is 0 Å². The molecule has 1 aromatic heterocycles. The number of aryl methyl sites for hydroxylation is 1. The number of nitrogens with one attached hydrogen (secondary N) is 1. The van der Waals surface area contributed by atoms with Crippen molar-refractivity contribution in [2.45, 2.75) is 13.5 Å². The maximum Gasteiger partial charge on any atom is 0.142 e. The lowest BCUT2D eigenvalue weighted by Crippen LogP contribution is -2.16. The minimum absolute atomic E-state index is 0.0431. The van der Waals surface area contributed by atoms with Gasteiger partial charge in [0.2, 0.25) is 0 Å². The van der Waals surface area contributed by atoms with E-state index in [4.69, 9.17) is 15.9 Å². The Morgan fingerprint density at radius 2 is 2.17 bits per heavy atom. The summed E-state index contributed by atoms with van der Waals surface area (Å²) >= 11 is 0. The van der Waals surface area contributed by atoms with E-state index < -0.39 is 0 Å². The molecule has 1 heterocycles. The predicted molar refractivity (Wildman–Crippen MR) is 70.8 cm³/mol. The largest absolute Gasteiger partial charge is 0.489 e. The SMILES string of the molecule is Cc1cccc(OCc2cccnc2C(=N)N)c1. The third-order valence-corrected chi connectivity index (χ3v) is 2.53. The number of nitrogens with two attached hydrogens (primary N) is 1. The highest BCUT2D eigenvalue weighted by atomic mass is 16.5. The van der Waals surface area contributed by atoms with Crippen molar-refractivity contribution >= 4 is 5.84 Å². The van der Waals surface area contributed by atoms with Crippen molar-refractivity contribution in [2.24, 2.45) is 5.73 Å². The van der Waals surface area contributed by atoms with Gasteiger partial charge in [-0.25, -0.2) is 0 Å². The zero-order chi connectivity index (χ0) is 13.0. The number of amidine groups is 1. The van der Waals surface area contributed by atoms with Crippen LogP contribution in [-0.4, -0.2) is 10.8 Å². The molecule has 0 spiro atoms. The van der Waals surface area contributed by atoms with Crippen molar-refractivity contribution in [3.63, 3.8) is 0 Å². The van der Waals surface area contributed by atoms with Crippen molar-refractivity contribution in [3.8, 4) is 5.75 Å². The van der Waals surface area contributed by atoms with Crippen molar-refractivity contribution in [2.75, 3.05) is 0 Å². The smallest absolute Gasteiger partial charge is 0.142 e. The summed E-state index contributed by atoms with van der Waals surface area (Å²) in [6.45, 7) is 2.37. The summed E-state index contributed by atoms with van der Waals surface area (Å²) in [6, 6.07) is 11.5. The number of aromatic nitrogens is 1. The lowest BCUT2D eigenvalue weighted by molar-refractivity contribution is 0.305. The number of rotatable bonds is 4. The molecule has 0 aliphatic heterocycles. The van der Waals surface area contributed by atoms with Crippen molar-refractivity contribution in [1.82, 2.24) is 4.98 Å². The molecule has 0 saturated heterocycles. The zero-order valence-corrected chi connectivity index (χ0v) is 10.2. The molecule has 0 bridgehead atoms. The standard InChI is InChI=1S/C14H15N3O/c1-10-4-2-6-12(8-10)18-9-11-5-3-7-17-13(11)14(15)16/h2-8H,9H2,1H3,(H3,15,16). The summed E-state index contributed by atoms with van der Waals surface area (Å²) in [5, 5.41) is 7.45. The van der Waals surface area contributed by atoms with Crippen molar-refractivity contribution < 1.29 is 4.74 Å². The Balaban J connectivity index is 2.13. The average Bonchev–Trinajstić information content (AvgIpc) is 2.37. The summed E-state index contributed by atoms with van der Waals surface area (Å²) in [5.41, 5.74) is 7.91. The van der Waals surface area contributed by atoms with Gasteiger partial charge in [-0.05, 0) is 30.7 Å². The first-order valence-corrected chi connectivity index (χ1v) is 5.64. The van der Waals surface area contributed by atoms with Gasteiger partial charge in [-0.3, -0.25) is 10.4 Å². The number of nitrogen functional groups attached to an aromatic ring is 1. The van der Waals surface area contributed by atoms with Gasteiger partial charge < -0.3 is 10.5 Å². The number of benzene rings is 1. The highest BCUT2D eigenvalue weighted by molar-refractivity contribution is 5.94. The Morgan fingerprint density at radius 3 is 2.89 bits per heavy atom. The van der Waals surface area contributed by atoms with Crippen LogP contribution in [0.3, 0.4) is 0 Å². The quantitative estimate of drug-likeness (QED) is 0.637. The van der Waals surface area contributed by atoms with Crippen LogP contribution >= 0.6 is 0 Å². The molecule has 4 nitrogen and oxygen atoms in total. The Kier molecular flexibility index (Phi) is 3.57. The average molecular weight is 241 g/mol. The second kappa shape index (κ2) is 5.31. The minimum atomic E-state index is -0.0431. The molecule has 1 aromatic carbocycles. The lowest BCUT2D eigenvalue weighted by Gasteiger charge is -2.09. The Bertz CT molecular complexity index is 566. The van der Waals surface area contributed by atoms with Crippen LogP contribution in [0, 0.1) is 12.3 Å². The molecule has 4 heteroatoms. The van der Waals surface area contributed by atoms with E-state index in [1.54, 1.807) is 12.3 Å². The molecule has 0 fully saturated rings. The van der Waals surface area contributed by atoms with Crippen LogP contribution in [0.1, 0.15) is 16.8 Å². The topological polar surface area (TPSA) is 72.0 Å². The third-order valence-electron chi connectivity index (χ3n) is 2.53. The van der Waals surface area contributed by atoms with Gasteiger partial charge in [0.25, 0.3) is 0 Å². The van der Waals surface area contributed by atoms with Gasteiger partial charge in [0.15, 0.2) is 0 Å². The first-order chi connectivity index (χ1) is 8.66. The van der Waals surface area contributed by atoms with E-state index in [0.29, 0.717) is 12.3 Å². The monoisotopic (exact) mass is 241 g/mol. The molecule has 0 amide bonds. The van der Waals surface area contributed by atoms with Crippen molar-refractivity contribution in [3.05, 3.63) is 59.4 Å². The Labute approximate surface area is 106 Å². The highest BCUT2D eigenvalue weighted by Gasteiger charge is 2.06. The van der Waals surface area contributed by atoms with Crippen molar-refractivity contribution in [1.29, 1.82) is 5.41 Å². The fourth-order valence-electron chi connectivity index (χ4n) is 1.66. The third kappa shape index (κ3) is 2.85. The van der Waals surface area contributed by atoms with E-state index in [1.165, 1.54) is 0 Å². The molecule has 18 heavy (non-hydrogen) atoms. The second-order valence-corrected chi connectivity index (χ2v) is 4.03. The Hall–Kier alpha value is -2.36. The van der Waals surface area contributed by atoms with E-state index in [9.17, 15) is 0 Å². The second-order valence-electron chi connectivity index (χ2n) is 4.03. The molecule has 0 radical (unpaired) electrons. The zero-order valence-electron chi connectivity index (χ0n) is 10.2. The van der Waals surface area contributed by atoms with Crippen LogP contribution in [-0.2, 0) is 6.61 Å². The van der Waals surface area contributed by atoms with E-state index >= 15 is 0 Å². The summed E-state index contributed by atoms with van der Waals surface area (Å²) in [7, 11) is 0. The molecule has 0 aliphatic rings. The van der Waals surface area contributed by atoms with Crippen LogP contribution in [0.5, 0.6) is 5.75 Å². The number of hydrogen-bond donors (Lipinski definition) is 2. The molecule has 3 N–H and O–H groups in total. The van der Waals surface area contributed by atoms with E-state index in [0.717, 1.165) is 16.9 Å². The first-order valence-electron chi connectivity index (χ1n) is 5.64. The Morgan fingerprint density at radius 1 is 1.33 bits per heavy atom. The van der Waals surface area contributed by atoms with Crippen LogP contribution in [0.15, 0.2) is 42.6 Å². The van der Waals surface area contributed by atoms with Gasteiger partial charge in [0.05, 0.1) is 0 Å². The number of hydrogen-bond acceptors (Lipinski definition) is 3. The molecule has 0 aliphatic carbocycles. The van der Waals surface area contributed by atoms with Crippen LogP contribution < -0.4 is 10.5 Å². The molecule has 0 atom stereocenters. The molecular weight excluding hydrogens is 226 g/mol. The molecule has 92 valence electrons. The summed E-state index contributed by atoms with van der Waals surface area (Å²) in [4.78, 5) is 4.08. The fourth-order valence-corrected chi connectivity index (χ4v) is 1.66. The fraction of sp³-hybridized carbons (Fsp3) is 0.143. The highest BCUT2D eigenvalue weighted by Crippen LogP contribution is 2.15. The first kappa shape index (κ1) is 12.1. The van der Waals surface area contributed by atoms with Gasteiger partial charge in [0.1, 0.15) is 23.9 Å².